The molecule has 2 aromatic carbocycles. The Balaban J connectivity index is 2.01. The summed E-state index contributed by atoms with van der Waals surface area (Å²) in [6.45, 7) is 2.41. The topological polar surface area (TPSA) is 35.5 Å². The zero-order chi connectivity index (χ0) is 17.5. The smallest absolute Gasteiger partial charge is 0.330 e. The lowest BCUT2D eigenvalue weighted by atomic mass is 10.2. The number of rotatable bonds is 6. The molecule has 0 spiro atoms. The van der Waals surface area contributed by atoms with Gasteiger partial charge >= 0.3 is 5.97 Å². The molecule has 0 aliphatic carbocycles. The molecule has 0 heterocycles. The van der Waals surface area contributed by atoms with Crippen molar-refractivity contribution in [2.75, 3.05) is 6.61 Å². The Morgan fingerprint density at radius 2 is 1.83 bits per heavy atom. The summed E-state index contributed by atoms with van der Waals surface area (Å²) in [7, 11) is 0. The molecule has 0 amide bonds. The number of benzene rings is 2. The third kappa shape index (κ3) is 5.45. The Labute approximate surface area is 155 Å². The van der Waals surface area contributed by atoms with Crippen molar-refractivity contribution >= 4 is 46.8 Å². The first-order valence-corrected chi connectivity index (χ1v) is 8.34. The normalized spacial score (nSPS) is 10.8. The van der Waals surface area contributed by atoms with Crippen LogP contribution in [0.5, 0.6) is 5.75 Å². The number of halogens is 3. The summed E-state index contributed by atoms with van der Waals surface area (Å²) < 4.78 is 10.5. The molecule has 0 radical (unpaired) electrons. The molecule has 6 heteroatoms. The minimum absolute atomic E-state index is 0.314. The van der Waals surface area contributed by atoms with Crippen LogP contribution in [0.15, 0.2) is 42.5 Å². The molecule has 0 saturated heterocycles. The van der Waals surface area contributed by atoms with Gasteiger partial charge in [0.2, 0.25) is 0 Å². The van der Waals surface area contributed by atoms with Crippen molar-refractivity contribution in [3.8, 4) is 5.75 Å². The molecule has 0 unspecified atom stereocenters. The molecule has 126 valence electrons. The molecular formula is C18H15Cl3O3. The Kier molecular flexibility index (Phi) is 6.98. The second-order valence-electron chi connectivity index (χ2n) is 4.81. The molecule has 0 aliphatic heterocycles. The first kappa shape index (κ1) is 18.7. The van der Waals surface area contributed by atoms with Gasteiger partial charge in [0.25, 0.3) is 0 Å². The van der Waals surface area contributed by atoms with Gasteiger partial charge in [0, 0.05) is 6.08 Å². The van der Waals surface area contributed by atoms with Crippen molar-refractivity contribution in [2.45, 2.75) is 13.5 Å². The van der Waals surface area contributed by atoms with Crippen molar-refractivity contribution in [1.29, 1.82) is 0 Å². The molecule has 0 aromatic heterocycles. The fourth-order valence-electron chi connectivity index (χ4n) is 1.88. The second kappa shape index (κ2) is 8.97. The number of hydrogen-bond donors (Lipinski definition) is 0. The quantitative estimate of drug-likeness (QED) is 0.465. The van der Waals surface area contributed by atoms with Crippen LogP contribution in [-0.4, -0.2) is 12.6 Å². The van der Waals surface area contributed by atoms with Gasteiger partial charge in [-0.15, -0.1) is 0 Å². The fourth-order valence-corrected chi connectivity index (χ4v) is 2.45. The highest BCUT2D eigenvalue weighted by Gasteiger charge is 2.05. The zero-order valence-corrected chi connectivity index (χ0v) is 15.2. The van der Waals surface area contributed by atoms with E-state index in [0.717, 1.165) is 11.1 Å². The van der Waals surface area contributed by atoms with Crippen molar-refractivity contribution in [2.24, 2.45) is 0 Å². The first-order chi connectivity index (χ1) is 11.5. The van der Waals surface area contributed by atoms with E-state index in [9.17, 15) is 4.79 Å². The summed E-state index contributed by atoms with van der Waals surface area (Å²) in [5.74, 6) is 0.143. The Morgan fingerprint density at radius 3 is 2.50 bits per heavy atom. The molecule has 2 rings (SSSR count). The summed E-state index contributed by atoms with van der Waals surface area (Å²) in [5, 5.41) is 1.42. The van der Waals surface area contributed by atoms with E-state index in [4.69, 9.17) is 44.3 Å². The predicted molar refractivity (Wildman–Crippen MR) is 97.9 cm³/mol. The predicted octanol–water partition coefficient (Wildman–Crippen LogP) is 5.80. The lowest BCUT2D eigenvalue weighted by Crippen LogP contribution is -1.98. The fraction of sp³-hybridized carbons (Fsp3) is 0.167. The summed E-state index contributed by atoms with van der Waals surface area (Å²) in [5.41, 5.74) is 1.65. The standard InChI is InChI=1S/C18H15Cl3O3/c1-2-23-18(22)8-5-12-4-7-17(16(21)9-12)24-11-13-3-6-14(19)15(20)10-13/h3-10H,2,11H2,1H3/b8-5+. The third-order valence-electron chi connectivity index (χ3n) is 3.03. The Morgan fingerprint density at radius 1 is 1.04 bits per heavy atom. The van der Waals surface area contributed by atoms with E-state index in [2.05, 4.69) is 0 Å². The van der Waals surface area contributed by atoms with Crippen LogP contribution in [0.3, 0.4) is 0 Å². The van der Waals surface area contributed by atoms with E-state index in [-0.39, 0.29) is 0 Å². The third-order valence-corrected chi connectivity index (χ3v) is 4.07. The van der Waals surface area contributed by atoms with Crippen LogP contribution in [0.1, 0.15) is 18.1 Å². The largest absolute Gasteiger partial charge is 0.487 e. The van der Waals surface area contributed by atoms with Crippen LogP contribution in [0.4, 0.5) is 0 Å². The van der Waals surface area contributed by atoms with Crippen molar-refractivity contribution in [1.82, 2.24) is 0 Å². The number of carbonyl (C=O) groups is 1. The van der Waals surface area contributed by atoms with Gasteiger partial charge in [0.1, 0.15) is 12.4 Å². The summed E-state index contributed by atoms with van der Waals surface area (Å²) in [4.78, 5) is 11.3. The molecule has 0 fully saturated rings. The molecule has 0 saturated carbocycles. The molecule has 0 atom stereocenters. The van der Waals surface area contributed by atoms with Gasteiger partial charge < -0.3 is 9.47 Å². The van der Waals surface area contributed by atoms with Crippen LogP contribution in [0.2, 0.25) is 15.1 Å². The Hall–Kier alpha value is -1.68. The number of carbonyl (C=O) groups excluding carboxylic acids is 1. The highest BCUT2D eigenvalue weighted by atomic mass is 35.5. The van der Waals surface area contributed by atoms with Gasteiger partial charge in [-0.3, -0.25) is 0 Å². The van der Waals surface area contributed by atoms with E-state index >= 15 is 0 Å². The van der Waals surface area contributed by atoms with Crippen LogP contribution >= 0.6 is 34.8 Å². The average Bonchev–Trinajstić information content (AvgIpc) is 2.55. The van der Waals surface area contributed by atoms with E-state index in [1.165, 1.54) is 6.08 Å². The van der Waals surface area contributed by atoms with E-state index < -0.39 is 5.97 Å². The minimum atomic E-state index is -0.395. The maximum atomic E-state index is 11.3. The number of hydrogen-bond acceptors (Lipinski definition) is 3. The highest BCUT2D eigenvalue weighted by Crippen LogP contribution is 2.28. The second-order valence-corrected chi connectivity index (χ2v) is 6.03. The number of ether oxygens (including phenoxy) is 2. The SMILES string of the molecule is CCOC(=O)/C=C/c1ccc(OCc2ccc(Cl)c(Cl)c2)c(Cl)c1. The van der Waals surface area contributed by atoms with Gasteiger partial charge in [-0.2, -0.15) is 0 Å². The van der Waals surface area contributed by atoms with Gasteiger partial charge in [0.05, 0.1) is 21.7 Å². The van der Waals surface area contributed by atoms with E-state index in [0.29, 0.717) is 34.0 Å². The minimum Gasteiger partial charge on any atom is -0.487 e. The summed E-state index contributed by atoms with van der Waals surface area (Å²) in [6, 6.07) is 10.5. The number of esters is 1. The van der Waals surface area contributed by atoms with Crippen LogP contribution in [0, 0.1) is 0 Å². The van der Waals surface area contributed by atoms with Crippen molar-refractivity contribution in [3.63, 3.8) is 0 Å². The maximum absolute atomic E-state index is 11.3. The highest BCUT2D eigenvalue weighted by molar-refractivity contribution is 6.42. The van der Waals surface area contributed by atoms with E-state index in [1.54, 1.807) is 43.3 Å². The van der Waals surface area contributed by atoms with Crippen LogP contribution in [0.25, 0.3) is 6.08 Å². The molecule has 24 heavy (non-hydrogen) atoms. The molecule has 3 nitrogen and oxygen atoms in total. The van der Waals surface area contributed by atoms with Crippen LogP contribution < -0.4 is 4.74 Å². The van der Waals surface area contributed by atoms with Gasteiger partial charge in [0.15, 0.2) is 0 Å². The maximum Gasteiger partial charge on any atom is 0.330 e. The van der Waals surface area contributed by atoms with Gasteiger partial charge in [-0.05, 0) is 48.4 Å². The van der Waals surface area contributed by atoms with E-state index in [1.807, 2.05) is 6.07 Å². The monoisotopic (exact) mass is 384 g/mol. The zero-order valence-electron chi connectivity index (χ0n) is 12.9. The molecule has 0 aliphatic rings. The lowest BCUT2D eigenvalue weighted by Gasteiger charge is -2.09. The van der Waals surface area contributed by atoms with Crippen molar-refractivity contribution in [3.05, 3.63) is 68.7 Å². The lowest BCUT2D eigenvalue weighted by molar-refractivity contribution is -0.137. The summed E-state index contributed by atoms with van der Waals surface area (Å²) >= 11 is 18.1. The van der Waals surface area contributed by atoms with Crippen molar-refractivity contribution < 1.29 is 14.3 Å². The van der Waals surface area contributed by atoms with Gasteiger partial charge in [-0.1, -0.05) is 46.9 Å². The molecule has 0 bridgehead atoms. The summed E-state index contributed by atoms with van der Waals surface area (Å²) in [6.07, 6.45) is 2.98. The first-order valence-electron chi connectivity index (χ1n) is 7.20. The average molecular weight is 386 g/mol. The Bertz CT molecular complexity index is 757. The molecule has 0 N–H and O–H groups in total. The van der Waals surface area contributed by atoms with Gasteiger partial charge in [-0.25, -0.2) is 4.79 Å². The van der Waals surface area contributed by atoms with Crippen LogP contribution in [-0.2, 0) is 16.1 Å². The molecule has 2 aromatic rings. The molecular weight excluding hydrogens is 371 g/mol.